The fourth-order valence-corrected chi connectivity index (χ4v) is 6.52. The molecule has 1 atom stereocenters. The van der Waals surface area contributed by atoms with Crippen molar-refractivity contribution in [1.82, 2.24) is 15.4 Å². The molecule has 2 heterocycles. The third kappa shape index (κ3) is 4.58. The van der Waals surface area contributed by atoms with Gasteiger partial charge in [-0.3, -0.25) is 9.36 Å². The van der Waals surface area contributed by atoms with Crippen molar-refractivity contribution in [2.45, 2.75) is 20.4 Å². The minimum atomic E-state index is -3.64. The summed E-state index contributed by atoms with van der Waals surface area (Å²) < 4.78 is 21.8. The highest BCUT2D eigenvalue weighted by Gasteiger charge is 2.36. The molecule has 4 rings (SSSR count). The van der Waals surface area contributed by atoms with E-state index in [1.54, 1.807) is 29.1 Å². The maximum absolute atomic E-state index is 14.4. The van der Waals surface area contributed by atoms with Crippen molar-refractivity contribution < 1.29 is 18.6 Å². The fourth-order valence-electron chi connectivity index (χ4n) is 3.99. The second kappa shape index (κ2) is 9.10. The molecule has 0 aliphatic heterocycles. The van der Waals surface area contributed by atoms with Crippen molar-refractivity contribution in [2.75, 3.05) is 7.11 Å². The third-order valence-corrected chi connectivity index (χ3v) is 8.14. The van der Waals surface area contributed by atoms with Crippen LogP contribution in [0.3, 0.4) is 0 Å². The van der Waals surface area contributed by atoms with Gasteiger partial charge in [0.25, 0.3) is 13.3 Å². The summed E-state index contributed by atoms with van der Waals surface area (Å²) in [6, 6.07) is 12.7. The lowest BCUT2D eigenvalue weighted by Crippen LogP contribution is -2.34. The Balaban J connectivity index is 1.85. The first-order valence-corrected chi connectivity index (χ1v) is 12.4. The van der Waals surface area contributed by atoms with Crippen LogP contribution in [0.15, 0.2) is 54.9 Å². The van der Waals surface area contributed by atoms with E-state index in [1.807, 2.05) is 51.4 Å². The first-order chi connectivity index (χ1) is 15.7. The number of aromatic amines is 1. The molecule has 0 aliphatic rings. The molecule has 7 nitrogen and oxygen atoms in total. The molecule has 0 saturated heterocycles. The number of nitrogens with zero attached hydrogens (tertiary/aromatic N) is 2. The van der Waals surface area contributed by atoms with E-state index in [-0.39, 0.29) is 12.2 Å². The number of carbonyl (C=O) groups is 1. The molecule has 0 aliphatic carbocycles. The number of H-pyrrole nitrogens is 1. The zero-order valence-corrected chi connectivity index (χ0v) is 20.5. The molecule has 4 aromatic rings. The molecule has 0 radical (unpaired) electrons. The molecule has 0 spiro atoms. The van der Waals surface area contributed by atoms with Crippen LogP contribution in [-0.2, 0) is 22.7 Å². The topological polar surface area (TPSA) is 88.0 Å². The highest BCUT2D eigenvalue weighted by Crippen LogP contribution is 2.47. The van der Waals surface area contributed by atoms with Gasteiger partial charge in [-0.25, -0.2) is 0 Å². The van der Waals surface area contributed by atoms with Crippen LogP contribution in [0.5, 0.6) is 0 Å². The predicted molar refractivity (Wildman–Crippen MR) is 130 cm³/mol. The Hall–Kier alpha value is -2.99. The second-order valence-electron chi connectivity index (χ2n) is 8.01. The number of amides is 1. The van der Waals surface area contributed by atoms with Gasteiger partial charge in [0, 0.05) is 40.4 Å². The SMILES string of the molecule is COP(=O)(c1cc(C)cc(C)c1)c1c(C(=O)NCc2ccn[n+](C)c2)[nH]c2ccc(Cl)cc12. The summed E-state index contributed by atoms with van der Waals surface area (Å²) >= 11 is 6.27. The van der Waals surface area contributed by atoms with Gasteiger partial charge >= 0.3 is 0 Å². The third-order valence-electron chi connectivity index (χ3n) is 5.40. The van der Waals surface area contributed by atoms with E-state index in [1.165, 1.54) is 7.11 Å². The summed E-state index contributed by atoms with van der Waals surface area (Å²) in [5.74, 6) is -0.390. The first-order valence-electron chi connectivity index (χ1n) is 10.4. The van der Waals surface area contributed by atoms with Crippen LogP contribution >= 0.6 is 19.0 Å². The van der Waals surface area contributed by atoms with E-state index in [9.17, 15) is 9.36 Å². The molecule has 2 aromatic heterocycles. The number of fused-ring (bicyclic) bond motifs is 1. The smallest absolute Gasteiger partial charge is 0.268 e. The molecular formula is C24H25ClN4O3P+. The number of hydrogen-bond acceptors (Lipinski definition) is 4. The van der Waals surface area contributed by atoms with E-state index < -0.39 is 13.3 Å². The summed E-state index contributed by atoms with van der Waals surface area (Å²) in [7, 11) is -0.424. The van der Waals surface area contributed by atoms with Crippen molar-refractivity contribution in [3.63, 3.8) is 0 Å². The van der Waals surface area contributed by atoms with Gasteiger partial charge in [-0.05, 0) is 55.3 Å². The zero-order chi connectivity index (χ0) is 23.8. The average Bonchev–Trinajstić information content (AvgIpc) is 3.15. The summed E-state index contributed by atoms with van der Waals surface area (Å²) in [6.07, 6.45) is 3.48. The Morgan fingerprint density at radius 2 is 1.91 bits per heavy atom. The molecule has 0 bridgehead atoms. The van der Waals surface area contributed by atoms with Gasteiger partial charge in [0.2, 0.25) is 6.20 Å². The standard InChI is InChI=1S/C24H24ClN4O3P/c1-15-9-16(2)11-19(10-15)33(31,32-4)23-20-12-18(25)5-6-21(20)28-22(23)24(30)26-13-17-7-8-27-29(3)14-17/h5-12,14H,13H2,1-4H3,(H-,26,28,30,31)/p+1. The summed E-state index contributed by atoms with van der Waals surface area (Å²) in [5.41, 5.74) is 3.63. The Labute approximate surface area is 197 Å². The quantitative estimate of drug-likeness (QED) is 0.325. The Morgan fingerprint density at radius 3 is 2.58 bits per heavy atom. The number of hydrogen-bond donors (Lipinski definition) is 2. The van der Waals surface area contributed by atoms with Gasteiger partial charge in [-0.15, -0.1) is 0 Å². The zero-order valence-electron chi connectivity index (χ0n) is 18.8. The molecule has 2 N–H and O–H groups in total. The average molecular weight is 484 g/mol. The Kier molecular flexibility index (Phi) is 6.39. The van der Waals surface area contributed by atoms with Crippen LogP contribution in [0.25, 0.3) is 10.9 Å². The van der Waals surface area contributed by atoms with Crippen LogP contribution < -0.4 is 20.6 Å². The highest BCUT2D eigenvalue weighted by atomic mass is 35.5. The summed E-state index contributed by atoms with van der Waals surface area (Å²) in [4.78, 5) is 16.5. The van der Waals surface area contributed by atoms with Crippen LogP contribution in [-0.4, -0.2) is 23.1 Å². The molecule has 0 saturated carbocycles. The van der Waals surface area contributed by atoms with Crippen molar-refractivity contribution in [3.8, 4) is 0 Å². The predicted octanol–water partition coefficient (Wildman–Crippen LogP) is 3.46. The van der Waals surface area contributed by atoms with E-state index in [0.29, 0.717) is 26.5 Å². The fraction of sp³-hybridized carbons (Fsp3) is 0.208. The lowest BCUT2D eigenvalue weighted by Gasteiger charge is -2.19. The van der Waals surface area contributed by atoms with Crippen molar-refractivity contribution in [1.29, 1.82) is 0 Å². The minimum Gasteiger partial charge on any atom is -0.350 e. The van der Waals surface area contributed by atoms with E-state index in [4.69, 9.17) is 16.1 Å². The number of halogens is 1. The van der Waals surface area contributed by atoms with E-state index in [2.05, 4.69) is 15.4 Å². The minimum absolute atomic E-state index is 0.190. The monoisotopic (exact) mass is 483 g/mol. The number of aryl methyl sites for hydroxylation is 3. The van der Waals surface area contributed by atoms with Crippen molar-refractivity contribution in [3.05, 3.63) is 82.3 Å². The summed E-state index contributed by atoms with van der Waals surface area (Å²) in [6.45, 7) is 4.15. The normalized spacial score (nSPS) is 13.1. The van der Waals surface area contributed by atoms with Gasteiger partial charge in [0.05, 0.1) is 11.5 Å². The second-order valence-corrected chi connectivity index (χ2v) is 10.9. The van der Waals surface area contributed by atoms with Crippen LogP contribution in [0, 0.1) is 13.8 Å². The number of rotatable bonds is 6. The lowest BCUT2D eigenvalue weighted by molar-refractivity contribution is -0.731. The summed E-state index contributed by atoms with van der Waals surface area (Å²) in [5, 5.41) is 8.91. The Bertz CT molecular complexity index is 1400. The van der Waals surface area contributed by atoms with Gasteiger partial charge in [0.15, 0.2) is 7.05 Å². The van der Waals surface area contributed by atoms with Gasteiger partial charge < -0.3 is 14.8 Å². The molecule has 9 heteroatoms. The van der Waals surface area contributed by atoms with E-state index >= 15 is 0 Å². The van der Waals surface area contributed by atoms with Gasteiger partial charge in [0.1, 0.15) is 5.69 Å². The van der Waals surface area contributed by atoms with Crippen molar-refractivity contribution in [2.24, 2.45) is 7.05 Å². The van der Waals surface area contributed by atoms with Crippen LogP contribution in [0.2, 0.25) is 5.02 Å². The highest BCUT2D eigenvalue weighted by molar-refractivity contribution is 7.75. The molecule has 0 fully saturated rings. The van der Waals surface area contributed by atoms with Crippen LogP contribution in [0.1, 0.15) is 27.2 Å². The number of carbonyl (C=O) groups excluding carboxylic acids is 1. The molecule has 1 unspecified atom stereocenters. The molecule has 1 amide bonds. The molecule has 170 valence electrons. The Morgan fingerprint density at radius 1 is 1.18 bits per heavy atom. The molecule has 33 heavy (non-hydrogen) atoms. The number of aromatic nitrogens is 3. The lowest BCUT2D eigenvalue weighted by atomic mass is 10.2. The molecule has 2 aromatic carbocycles. The largest absolute Gasteiger partial charge is 0.350 e. The van der Waals surface area contributed by atoms with Gasteiger partial charge in [-0.1, -0.05) is 33.5 Å². The maximum atomic E-state index is 14.4. The van der Waals surface area contributed by atoms with E-state index in [0.717, 1.165) is 16.7 Å². The number of nitrogens with one attached hydrogen (secondary N) is 2. The first kappa shape index (κ1) is 23.2. The molecular weight excluding hydrogens is 459 g/mol. The van der Waals surface area contributed by atoms with Gasteiger partial charge in [-0.2, -0.15) is 0 Å². The van der Waals surface area contributed by atoms with Crippen LogP contribution in [0.4, 0.5) is 0 Å². The number of benzene rings is 2. The van der Waals surface area contributed by atoms with Crippen molar-refractivity contribution >= 4 is 46.4 Å². The maximum Gasteiger partial charge on any atom is 0.268 e.